The molecule has 0 radical (unpaired) electrons. The summed E-state index contributed by atoms with van der Waals surface area (Å²) in [5.41, 5.74) is 0. The fourth-order valence-electron chi connectivity index (χ4n) is 1.05. The number of ether oxygens (including phenoxy) is 4. The van der Waals surface area contributed by atoms with Gasteiger partial charge in [-0.1, -0.05) is 0 Å². The van der Waals surface area contributed by atoms with Crippen molar-refractivity contribution in [3.63, 3.8) is 0 Å². The van der Waals surface area contributed by atoms with Crippen LogP contribution < -0.4 is 5.32 Å². The third-order valence-corrected chi connectivity index (χ3v) is 1.92. The maximum absolute atomic E-state index is 10.5. The highest BCUT2D eigenvalue weighted by Gasteiger charge is 1.94. The molecular weight excluding hydrogens is 238 g/mol. The maximum Gasteiger partial charge on any atom is 0.155 e. The van der Waals surface area contributed by atoms with Crippen molar-refractivity contribution in [3.05, 3.63) is 0 Å². The smallest absolute Gasteiger partial charge is 0.155 e. The molecule has 0 saturated carbocycles. The third kappa shape index (κ3) is 15.5. The highest BCUT2D eigenvalue weighted by atomic mass is 16.6. The van der Waals surface area contributed by atoms with E-state index in [0.717, 1.165) is 6.54 Å². The Labute approximate surface area is 110 Å². The molecule has 0 aromatic heterocycles. The van der Waals surface area contributed by atoms with Gasteiger partial charge in [-0.15, -0.1) is 0 Å². The Kier molecular flexibility index (Phi) is 14.1. The number of likely N-dealkylation sites (N-methyl/N-ethyl adjacent to an activating group) is 1. The SMILES string of the molecule is CNCCOCCOCCOCCOCC(C)=O.[HH]. The Morgan fingerprint density at radius 3 is 1.78 bits per heavy atom. The van der Waals surface area contributed by atoms with Crippen LogP contribution in [0.1, 0.15) is 8.35 Å². The highest BCUT2D eigenvalue weighted by molar-refractivity contribution is 5.76. The molecule has 0 unspecified atom stereocenters. The van der Waals surface area contributed by atoms with Gasteiger partial charge in [0.25, 0.3) is 0 Å². The first kappa shape index (κ1) is 17.5. The predicted molar refractivity (Wildman–Crippen MR) is 70.0 cm³/mol. The first-order valence-electron chi connectivity index (χ1n) is 6.22. The lowest BCUT2D eigenvalue weighted by atomic mass is 10.5. The molecule has 0 fully saturated rings. The molecule has 110 valence electrons. The van der Waals surface area contributed by atoms with E-state index < -0.39 is 0 Å². The molecule has 18 heavy (non-hydrogen) atoms. The summed E-state index contributed by atoms with van der Waals surface area (Å²) in [6.45, 7) is 6.37. The normalized spacial score (nSPS) is 10.8. The van der Waals surface area contributed by atoms with Gasteiger partial charge in [-0.05, 0) is 14.0 Å². The number of hydrogen-bond donors (Lipinski definition) is 1. The molecule has 0 aromatic carbocycles. The van der Waals surface area contributed by atoms with Crippen molar-refractivity contribution in [3.8, 4) is 0 Å². The average Bonchev–Trinajstić information content (AvgIpc) is 2.34. The average molecular weight is 265 g/mol. The minimum atomic E-state index is 0. The zero-order valence-electron chi connectivity index (χ0n) is 11.4. The van der Waals surface area contributed by atoms with Crippen molar-refractivity contribution in [2.75, 3.05) is 66.4 Å². The summed E-state index contributed by atoms with van der Waals surface area (Å²) >= 11 is 0. The quantitative estimate of drug-likeness (QED) is 0.450. The molecule has 1 N–H and O–H groups in total. The number of rotatable bonds is 14. The van der Waals surface area contributed by atoms with Crippen LogP contribution in [0.5, 0.6) is 0 Å². The van der Waals surface area contributed by atoms with Crippen molar-refractivity contribution >= 4 is 5.78 Å². The van der Waals surface area contributed by atoms with Gasteiger partial charge in [0.15, 0.2) is 5.78 Å². The van der Waals surface area contributed by atoms with E-state index in [1.54, 1.807) is 0 Å². The zero-order chi connectivity index (χ0) is 13.5. The van der Waals surface area contributed by atoms with Crippen LogP contribution in [0.4, 0.5) is 0 Å². The number of carbonyl (C=O) groups excluding carboxylic acids is 1. The van der Waals surface area contributed by atoms with E-state index in [0.29, 0.717) is 46.2 Å². The summed E-state index contributed by atoms with van der Waals surface area (Å²) in [5.74, 6) is 0.0246. The first-order chi connectivity index (χ1) is 8.77. The van der Waals surface area contributed by atoms with E-state index in [1.807, 2.05) is 7.05 Å². The Balaban J connectivity index is 0. The molecule has 0 atom stereocenters. The minimum Gasteiger partial charge on any atom is -0.378 e. The molecule has 0 aliphatic heterocycles. The molecule has 0 amide bonds. The molecule has 6 nitrogen and oxygen atoms in total. The molecule has 6 heteroatoms. The minimum absolute atomic E-state index is 0. The van der Waals surface area contributed by atoms with Gasteiger partial charge >= 0.3 is 0 Å². The summed E-state index contributed by atoms with van der Waals surface area (Å²) < 4.78 is 20.9. The van der Waals surface area contributed by atoms with Crippen molar-refractivity contribution in [1.82, 2.24) is 5.32 Å². The van der Waals surface area contributed by atoms with Gasteiger partial charge in [0.2, 0.25) is 0 Å². The Bertz CT molecular complexity index is 195. The number of hydrogen-bond acceptors (Lipinski definition) is 6. The molecule has 0 aromatic rings. The van der Waals surface area contributed by atoms with Crippen LogP contribution in [-0.4, -0.2) is 72.2 Å². The summed E-state index contributed by atoms with van der Waals surface area (Å²) in [5, 5.41) is 2.99. The molecule has 0 heterocycles. The summed E-state index contributed by atoms with van der Waals surface area (Å²) in [7, 11) is 1.89. The summed E-state index contributed by atoms with van der Waals surface area (Å²) in [4.78, 5) is 10.5. The predicted octanol–water partition coefficient (Wildman–Crippen LogP) is 0.107. The van der Waals surface area contributed by atoms with Gasteiger partial charge in [-0.25, -0.2) is 0 Å². The van der Waals surface area contributed by atoms with Gasteiger partial charge in [0, 0.05) is 7.97 Å². The number of ketones is 1. The van der Waals surface area contributed by atoms with Crippen molar-refractivity contribution in [1.29, 1.82) is 0 Å². The van der Waals surface area contributed by atoms with E-state index in [9.17, 15) is 4.79 Å². The monoisotopic (exact) mass is 265 g/mol. The Morgan fingerprint density at radius 2 is 1.33 bits per heavy atom. The van der Waals surface area contributed by atoms with Crippen molar-refractivity contribution < 1.29 is 25.2 Å². The van der Waals surface area contributed by atoms with E-state index >= 15 is 0 Å². The van der Waals surface area contributed by atoms with Crippen LogP contribution in [-0.2, 0) is 23.7 Å². The van der Waals surface area contributed by atoms with Gasteiger partial charge in [-0.3, -0.25) is 4.79 Å². The third-order valence-electron chi connectivity index (χ3n) is 1.92. The van der Waals surface area contributed by atoms with Crippen LogP contribution in [0.15, 0.2) is 0 Å². The Morgan fingerprint density at radius 1 is 0.889 bits per heavy atom. The second-order valence-corrected chi connectivity index (χ2v) is 3.70. The highest BCUT2D eigenvalue weighted by Crippen LogP contribution is 1.83. The first-order valence-corrected chi connectivity index (χ1v) is 6.22. The molecule has 0 bridgehead atoms. The molecular formula is C12H27NO5. The fourth-order valence-corrected chi connectivity index (χ4v) is 1.05. The molecule has 0 aliphatic carbocycles. The van der Waals surface area contributed by atoms with Gasteiger partial charge in [-0.2, -0.15) is 0 Å². The van der Waals surface area contributed by atoms with E-state index in [1.165, 1.54) is 6.92 Å². The van der Waals surface area contributed by atoms with Crippen LogP contribution in [0.3, 0.4) is 0 Å². The van der Waals surface area contributed by atoms with Crippen LogP contribution in [0.25, 0.3) is 0 Å². The van der Waals surface area contributed by atoms with Crippen molar-refractivity contribution in [2.24, 2.45) is 0 Å². The molecule has 0 rings (SSSR count). The Hall–Kier alpha value is -0.530. The van der Waals surface area contributed by atoms with Crippen LogP contribution in [0.2, 0.25) is 0 Å². The molecule has 0 saturated heterocycles. The summed E-state index contributed by atoms with van der Waals surface area (Å²) in [6.07, 6.45) is 0. The second kappa shape index (κ2) is 14.5. The number of carbonyl (C=O) groups is 1. The lowest BCUT2D eigenvalue weighted by Gasteiger charge is -2.06. The molecule has 0 spiro atoms. The number of nitrogens with one attached hydrogen (secondary N) is 1. The van der Waals surface area contributed by atoms with Crippen molar-refractivity contribution in [2.45, 2.75) is 6.92 Å². The second-order valence-electron chi connectivity index (χ2n) is 3.70. The fraction of sp³-hybridized carbons (Fsp3) is 0.917. The summed E-state index contributed by atoms with van der Waals surface area (Å²) in [6, 6.07) is 0. The van der Waals surface area contributed by atoms with E-state index in [4.69, 9.17) is 18.9 Å². The molecule has 0 aliphatic rings. The van der Waals surface area contributed by atoms with Gasteiger partial charge in [0.1, 0.15) is 6.61 Å². The van der Waals surface area contributed by atoms with Crippen LogP contribution in [0, 0.1) is 0 Å². The van der Waals surface area contributed by atoms with E-state index in [-0.39, 0.29) is 13.8 Å². The topological polar surface area (TPSA) is 66.0 Å². The lowest BCUT2D eigenvalue weighted by molar-refractivity contribution is -0.122. The van der Waals surface area contributed by atoms with E-state index in [2.05, 4.69) is 5.32 Å². The maximum atomic E-state index is 10.5. The standard InChI is InChI=1S/C12H25NO5.H2/c1-12(14)11-18-10-9-17-8-7-16-6-5-15-4-3-13-2;/h13H,3-11H2,1-2H3;1H. The number of Topliss-reactive ketones (excluding diaryl/α,β-unsaturated/α-hetero) is 1. The van der Waals surface area contributed by atoms with Gasteiger partial charge < -0.3 is 24.3 Å². The zero-order valence-corrected chi connectivity index (χ0v) is 11.4. The van der Waals surface area contributed by atoms with Gasteiger partial charge in [0.05, 0.1) is 46.2 Å². The lowest BCUT2D eigenvalue weighted by Crippen LogP contribution is -2.17. The van der Waals surface area contributed by atoms with Crippen LogP contribution >= 0.6 is 0 Å². The largest absolute Gasteiger partial charge is 0.378 e.